The fourth-order valence-electron chi connectivity index (χ4n) is 8.30. The Morgan fingerprint density at radius 3 is 0.962 bits per heavy atom. The van der Waals surface area contributed by atoms with E-state index in [-0.39, 0.29) is 59.4 Å². The summed E-state index contributed by atoms with van der Waals surface area (Å²) in [5, 5.41) is 0. The first-order chi connectivity index (χ1) is 8.93. The molecular weight excluding hydrogens is 312 g/mol. The minimum absolute atomic E-state index is 0. The molecule has 10 unspecified atom stereocenters. The predicted octanol–water partition coefficient (Wildman–Crippen LogP) is 9.44. The summed E-state index contributed by atoms with van der Waals surface area (Å²) >= 11 is 0. The van der Waals surface area contributed by atoms with Crippen molar-refractivity contribution in [2.75, 3.05) is 0 Å². The second kappa shape index (κ2) is 9.97. The van der Waals surface area contributed by atoms with Gasteiger partial charge < -0.3 is 0 Å². The molecule has 0 radical (unpaired) electrons. The molecule has 6 aliphatic carbocycles. The molecule has 0 aromatic carbocycles. The van der Waals surface area contributed by atoms with Crippen LogP contribution < -0.4 is 0 Å². The van der Waals surface area contributed by atoms with Crippen LogP contribution in [0.5, 0.6) is 0 Å². The van der Waals surface area contributed by atoms with Gasteiger partial charge >= 0.3 is 0 Å². The number of rotatable bonds is 0. The quantitative estimate of drug-likeness (QED) is 0.398. The molecule has 0 aliphatic heterocycles. The highest BCUT2D eigenvalue weighted by Gasteiger charge is 2.70. The summed E-state index contributed by atoms with van der Waals surface area (Å²) in [5.74, 6) is 12.3. The molecule has 0 aromatic rings. The Kier molecular flexibility index (Phi) is 11.8. The highest BCUT2D eigenvalue weighted by atomic mass is 14.7. The van der Waals surface area contributed by atoms with Gasteiger partial charge in [-0.1, -0.05) is 72.3 Å². The molecule has 26 heavy (non-hydrogen) atoms. The minimum atomic E-state index is 0. The van der Waals surface area contributed by atoms with E-state index in [2.05, 4.69) is 0 Å². The van der Waals surface area contributed by atoms with E-state index >= 15 is 0 Å². The van der Waals surface area contributed by atoms with E-state index < -0.39 is 0 Å². The van der Waals surface area contributed by atoms with Crippen molar-refractivity contribution >= 4 is 0 Å². The molecule has 6 saturated carbocycles. The smallest absolute Gasteiger partial charge is 0.0318 e. The van der Waals surface area contributed by atoms with Gasteiger partial charge in [0.2, 0.25) is 0 Å². The lowest BCUT2D eigenvalue weighted by molar-refractivity contribution is -0.278. The van der Waals surface area contributed by atoms with E-state index in [0.29, 0.717) is 0 Å². The van der Waals surface area contributed by atoms with Crippen LogP contribution in [0.2, 0.25) is 0 Å². The van der Waals surface area contributed by atoms with E-state index in [1.807, 2.05) is 0 Å². The maximum Gasteiger partial charge on any atom is -0.0318 e. The van der Waals surface area contributed by atoms with Gasteiger partial charge in [-0.2, -0.15) is 0 Å². The first-order valence-corrected chi connectivity index (χ1v) is 8.93. The van der Waals surface area contributed by atoms with Gasteiger partial charge in [-0.05, 0) is 97.7 Å². The summed E-state index contributed by atoms with van der Waals surface area (Å²) in [6, 6.07) is 0. The monoisotopic (exact) mass is 370 g/mol. The molecule has 0 bridgehead atoms. The van der Waals surface area contributed by atoms with Crippen molar-refractivity contribution in [1.29, 1.82) is 0 Å². The van der Waals surface area contributed by atoms with E-state index in [1.54, 1.807) is 51.4 Å². The first kappa shape index (κ1) is 30.7. The Morgan fingerprint density at radius 2 is 0.654 bits per heavy atom. The summed E-state index contributed by atoms with van der Waals surface area (Å²) < 4.78 is 0. The normalized spacial score (nSPS) is 48.9. The Labute approximate surface area is 170 Å². The van der Waals surface area contributed by atoms with Gasteiger partial charge in [-0.25, -0.2) is 0 Å². The highest BCUT2D eigenvalue weighted by molar-refractivity contribution is 5.18. The van der Waals surface area contributed by atoms with Crippen LogP contribution in [-0.4, -0.2) is 0 Å². The lowest BCUT2D eigenvalue weighted by atomic mass is 9.29. The largest absolute Gasteiger partial charge is 0.0776 e. The van der Waals surface area contributed by atoms with Crippen LogP contribution in [0.15, 0.2) is 0 Å². The standard InChI is InChI=1S/C18H26.8CH4/c1-2-4-12-11(3-1)17-15-7-13-9-5-6-10(9)14(13)8-16(15)18(12)17;;;;;;;;/h9-18H,1-8H2;8*1H4. The van der Waals surface area contributed by atoms with Crippen molar-refractivity contribution < 1.29 is 0 Å². The molecule has 6 aliphatic rings. The van der Waals surface area contributed by atoms with Gasteiger partial charge in [-0.3, -0.25) is 0 Å². The van der Waals surface area contributed by atoms with Crippen molar-refractivity contribution in [2.24, 2.45) is 59.2 Å². The molecule has 0 spiro atoms. The molecule has 0 N–H and O–H groups in total. The molecule has 0 nitrogen and oxygen atoms in total. The number of fused-ring (bicyclic) bond motifs is 11. The molecule has 6 rings (SSSR count). The third-order valence-corrected chi connectivity index (χ3v) is 8.97. The third-order valence-electron chi connectivity index (χ3n) is 8.97. The third kappa shape index (κ3) is 3.10. The second-order valence-electron chi connectivity index (χ2n) is 8.80. The molecule has 6 fully saturated rings. The Balaban J connectivity index is -0.000000661. The molecule has 0 heterocycles. The van der Waals surface area contributed by atoms with Gasteiger partial charge in [0.05, 0.1) is 0 Å². The van der Waals surface area contributed by atoms with Gasteiger partial charge in [-0.15, -0.1) is 0 Å². The molecule has 0 amide bonds. The van der Waals surface area contributed by atoms with Gasteiger partial charge in [0.15, 0.2) is 0 Å². The van der Waals surface area contributed by atoms with E-state index in [0.717, 1.165) is 0 Å². The van der Waals surface area contributed by atoms with E-state index in [1.165, 1.54) is 59.2 Å². The topological polar surface area (TPSA) is 0 Å². The molecule has 0 aromatic heterocycles. The fraction of sp³-hybridized carbons (Fsp3) is 1.00. The Morgan fingerprint density at radius 1 is 0.308 bits per heavy atom. The van der Waals surface area contributed by atoms with Gasteiger partial charge in [0, 0.05) is 0 Å². The van der Waals surface area contributed by atoms with Gasteiger partial charge in [0.1, 0.15) is 0 Å². The van der Waals surface area contributed by atoms with Crippen LogP contribution in [0.1, 0.15) is 111 Å². The zero-order valence-electron chi connectivity index (χ0n) is 11.4. The Hall–Kier alpha value is 0. The van der Waals surface area contributed by atoms with Crippen molar-refractivity contribution in [2.45, 2.75) is 111 Å². The summed E-state index contributed by atoms with van der Waals surface area (Å²) in [6.45, 7) is 0. The summed E-state index contributed by atoms with van der Waals surface area (Å²) in [7, 11) is 0. The highest BCUT2D eigenvalue weighted by Crippen LogP contribution is 2.76. The predicted molar refractivity (Wildman–Crippen MR) is 126 cm³/mol. The van der Waals surface area contributed by atoms with Crippen LogP contribution in [0, 0.1) is 59.2 Å². The lowest BCUT2D eigenvalue weighted by Gasteiger charge is -2.76. The van der Waals surface area contributed by atoms with Crippen LogP contribution >= 0.6 is 0 Å². The van der Waals surface area contributed by atoms with Crippen LogP contribution in [0.3, 0.4) is 0 Å². The number of hydrogen-bond acceptors (Lipinski definition) is 0. The van der Waals surface area contributed by atoms with E-state index in [4.69, 9.17) is 0 Å². The minimum Gasteiger partial charge on any atom is -0.0776 e. The average molecular weight is 371 g/mol. The SMILES string of the molecule is C.C.C.C.C.C.C.C.C1CCC2C(C1)C1C3CC4C5CCC5C4CC3C21. The molecular formula is C26H58. The molecule has 0 saturated heterocycles. The van der Waals surface area contributed by atoms with Crippen molar-refractivity contribution in [1.82, 2.24) is 0 Å². The molecule has 10 atom stereocenters. The van der Waals surface area contributed by atoms with Crippen LogP contribution in [0.4, 0.5) is 0 Å². The maximum atomic E-state index is 1.70. The second-order valence-corrected chi connectivity index (χ2v) is 8.80. The van der Waals surface area contributed by atoms with Crippen molar-refractivity contribution in [3.63, 3.8) is 0 Å². The van der Waals surface area contributed by atoms with Crippen molar-refractivity contribution in [3.05, 3.63) is 0 Å². The summed E-state index contributed by atoms with van der Waals surface area (Å²) in [6.07, 6.45) is 13.0. The maximum absolute atomic E-state index is 1.70. The van der Waals surface area contributed by atoms with Gasteiger partial charge in [0.25, 0.3) is 0 Å². The van der Waals surface area contributed by atoms with E-state index in [9.17, 15) is 0 Å². The zero-order chi connectivity index (χ0) is 11.4. The number of hydrogen-bond donors (Lipinski definition) is 0. The molecule has 0 heteroatoms. The van der Waals surface area contributed by atoms with Crippen LogP contribution in [0.25, 0.3) is 0 Å². The Bertz CT molecular complexity index is 361. The fourth-order valence-corrected chi connectivity index (χ4v) is 8.30. The average Bonchev–Trinajstić information content (AvgIpc) is 2.31. The zero-order valence-corrected chi connectivity index (χ0v) is 11.4. The van der Waals surface area contributed by atoms with Crippen molar-refractivity contribution in [3.8, 4) is 0 Å². The first-order valence-electron chi connectivity index (χ1n) is 8.93. The van der Waals surface area contributed by atoms with Crippen LogP contribution in [-0.2, 0) is 0 Å². The molecule has 162 valence electrons. The summed E-state index contributed by atoms with van der Waals surface area (Å²) in [5.41, 5.74) is 0. The summed E-state index contributed by atoms with van der Waals surface area (Å²) in [4.78, 5) is 0. The lowest BCUT2D eigenvalue weighted by Crippen LogP contribution is -2.70.